The Morgan fingerprint density at radius 1 is 1.00 bits per heavy atom. The van der Waals surface area contributed by atoms with E-state index in [2.05, 4.69) is 33.0 Å². The Bertz CT molecular complexity index is 1020. The number of halogens is 6. The number of hydrogen-bond donors (Lipinski definition) is 2. The lowest BCUT2D eigenvalue weighted by Crippen LogP contribution is -2.40. The molecule has 212 valence electrons. The molecule has 9 nitrogen and oxygen atoms in total. The molecule has 2 fully saturated rings. The number of ether oxygens (including phenoxy) is 1. The van der Waals surface area contributed by atoms with E-state index in [9.17, 15) is 26.3 Å². The first-order valence-electron chi connectivity index (χ1n) is 11.2. The van der Waals surface area contributed by atoms with Gasteiger partial charge in [0.2, 0.25) is 0 Å². The summed E-state index contributed by atoms with van der Waals surface area (Å²) in [5.41, 5.74) is 0.190. The maximum Gasteiger partial charge on any atom is 0.490 e. The standard InChI is InChI=1S/C19H25N3O2.2C2HF3O2/c1-16-5-6-17(24-16)12-21-10-11-23-15-19(13-21)7-9-22(14-19)18-4-2-3-8-20-18;2*3-2(4,5)1(6)7/h2-6,8H,7,9-15H2,1H3;2*(H,6,7). The van der Waals surface area contributed by atoms with E-state index >= 15 is 0 Å². The molecule has 1 atom stereocenters. The lowest BCUT2D eigenvalue weighted by molar-refractivity contribution is -0.193. The summed E-state index contributed by atoms with van der Waals surface area (Å²) in [6.45, 7) is 8.57. The average Bonchev–Trinajstić information content (AvgIpc) is 3.37. The number of carboxylic acid groups (broad SMARTS) is 2. The molecule has 0 aliphatic carbocycles. The smallest absolute Gasteiger partial charge is 0.475 e. The van der Waals surface area contributed by atoms with Gasteiger partial charge in [0.1, 0.15) is 17.3 Å². The molecule has 15 heteroatoms. The van der Waals surface area contributed by atoms with E-state index in [0.29, 0.717) is 0 Å². The van der Waals surface area contributed by atoms with Gasteiger partial charge in [-0.3, -0.25) is 4.90 Å². The highest BCUT2D eigenvalue weighted by molar-refractivity contribution is 5.73. The zero-order valence-corrected chi connectivity index (χ0v) is 20.3. The van der Waals surface area contributed by atoms with Gasteiger partial charge in [-0.25, -0.2) is 14.6 Å². The van der Waals surface area contributed by atoms with Crippen LogP contribution in [-0.2, 0) is 20.9 Å². The number of furan rings is 1. The number of carboxylic acids is 2. The van der Waals surface area contributed by atoms with Crippen LogP contribution in [0.5, 0.6) is 0 Å². The molecule has 2 N–H and O–H groups in total. The van der Waals surface area contributed by atoms with Crippen molar-refractivity contribution in [1.82, 2.24) is 9.88 Å². The van der Waals surface area contributed by atoms with Gasteiger partial charge in [-0.2, -0.15) is 26.3 Å². The van der Waals surface area contributed by atoms with Crippen LogP contribution in [0.25, 0.3) is 0 Å². The Kier molecular flexibility index (Phi) is 10.5. The summed E-state index contributed by atoms with van der Waals surface area (Å²) in [7, 11) is 0. The van der Waals surface area contributed by atoms with E-state index in [-0.39, 0.29) is 5.41 Å². The normalized spacial score (nSPS) is 20.1. The van der Waals surface area contributed by atoms with Crippen molar-refractivity contribution in [3.8, 4) is 0 Å². The first-order chi connectivity index (χ1) is 17.6. The summed E-state index contributed by atoms with van der Waals surface area (Å²) in [6.07, 6.45) is -7.15. The van der Waals surface area contributed by atoms with Crippen molar-refractivity contribution in [3.63, 3.8) is 0 Å². The van der Waals surface area contributed by atoms with Gasteiger partial charge in [0, 0.05) is 37.8 Å². The molecule has 2 aromatic heterocycles. The van der Waals surface area contributed by atoms with Crippen molar-refractivity contribution in [1.29, 1.82) is 0 Å². The van der Waals surface area contributed by atoms with E-state index < -0.39 is 24.3 Å². The van der Waals surface area contributed by atoms with Crippen molar-refractivity contribution >= 4 is 17.8 Å². The van der Waals surface area contributed by atoms with Gasteiger partial charge in [0.15, 0.2) is 0 Å². The number of rotatable bonds is 3. The maximum atomic E-state index is 10.6. The van der Waals surface area contributed by atoms with E-state index in [1.807, 2.05) is 25.3 Å². The Labute approximate surface area is 213 Å². The Hall–Kier alpha value is -3.33. The fourth-order valence-electron chi connectivity index (χ4n) is 3.93. The number of aromatic nitrogens is 1. The zero-order valence-electron chi connectivity index (χ0n) is 20.3. The summed E-state index contributed by atoms with van der Waals surface area (Å²) in [5.74, 6) is -2.41. The van der Waals surface area contributed by atoms with Crippen LogP contribution in [-0.4, -0.2) is 83.8 Å². The van der Waals surface area contributed by atoms with Gasteiger partial charge < -0.3 is 24.3 Å². The highest BCUT2D eigenvalue weighted by Gasteiger charge is 2.42. The Morgan fingerprint density at radius 2 is 1.63 bits per heavy atom. The molecule has 0 saturated carbocycles. The SMILES string of the molecule is Cc1ccc(CN2CCOCC3(CCN(c4ccccn4)C3)C2)o1.O=C(O)C(F)(F)F.O=C(O)C(F)(F)F. The van der Waals surface area contributed by atoms with E-state index in [4.69, 9.17) is 29.0 Å². The third-order valence-corrected chi connectivity index (χ3v) is 5.59. The fourth-order valence-corrected chi connectivity index (χ4v) is 3.93. The molecule has 2 saturated heterocycles. The molecule has 4 heterocycles. The van der Waals surface area contributed by atoms with Gasteiger partial charge in [0.05, 0.1) is 19.8 Å². The second kappa shape index (κ2) is 13.0. The lowest BCUT2D eigenvalue weighted by atomic mass is 9.87. The highest BCUT2D eigenvalue weighted by atomic mass is 19.4. The van der Waals surface area contributed by atoms with E-state index in [0.717, 1.165) is 69.7 Å². The Balaban J connectivity index is 0.000000301. The van der Waals surface area contributed by atoms with Gasteiger partial charge in [-0.05, 0) is 37.6 Å². The van der Waals surface area contributed by atoms with Crippen molar-refractivity contribution in [2.75, 3.05) is 44.3 Å². The number of aryl methyl sites for hydroxylation is 1. The molecule has 1 spiro atoms. The molecule has 2 aliphatic rings. The number of aliphatic carboxylic acids is 2. The predicted molar refractivity (Wildman–Crippen MR) is 120 cm³/mol. The summed E-state index contributed by atoms with van der Waals surface area (Å²) < 4.78 is 75.2. The number of nitrogens with zero attached hydrogens (tertiary/aromatic N) is 3. The third kappa shape index (κ3) is 9.85. The van der Waals surface area contributed by atoms with Crippen molar-refractivity contribution < 1.29 is 55.3 Å². The first-order valence-corrected chi connectivity index (χ1v) is 11.2. The largest absolute Gasteiger partial charge is 0.490 e. The molecule has 0 aromatic carbocycles. The van der Waals surface area contributed by atoms with E-state index in [1.165, 1.54) is 0 Å². The molecule has 1 unspecified atom stereocenters. The van der Waals surface area contributed by atoms with Crippen LogP contribution in [0, 0.1) is 12.3 Å². The molecule has 38 heavy (non-hydrogen) atoms. The van der Waals surface area contributed by atoms with E-state index in [1.54, 1.807) is 0 Å². The second-order valence-corrected chi connectivity index (χ2v) is 8.74. The number of hydrogen-bond acceptors (Lipinski definition) is 7. The zero-order chi connectivity index (χ0) is 28.6. The second-order valence-electron chi connectivity index (χ2n) is 8.74. The molecule has 0 amide bonds. The minimum atomic E-state index is -5.08. The average molecular weight is 555 g/mol. The molecule has 2 aliphatic heterocycles. The van der Waals surface area contributed by atoms with Crippen molar-refractivity contribution in [2.24, 2.45) is 5.41 Å². The summed E-state index contributed by atoms with van der Waals surface area (Å²) in [6, 6.07) is 10.3. The summed E-state index contributed by atoms with van der Waals surface area (Å²) >= 11 is 0. The lowest BCUT2D eigenvalue weighted by Gasteiger charge is -2.31. The van der Waals surface area contributed by atoms with Crippen LogP contribution < -0.4 is 4.90 Å². The first kappa shape index (κ1) is 30.9. The van der Waals surface area contributed by atoms with Gasteiger partial charge in [0.25, 0.3) is 0 Å². The maximum absolute atomic E-state index is 10.6. The van der Waals surface area contributed by atoms with Crippen LogP contribution in [0.4, 0.5) is 32.2 Å². The molecular weight excluding hydrogens is 528 g/mol. The topological polar surface area (TPSA) is 116 Å². The van der Waals surface area contributed by atoms with Gasteiger partial charge in [-0.15, -0.1) is 0 Å². The highest BCUT2D eigenvalue weighted by Crippen LogP contribution is 2.35. The summed E-state index contributed by atoms with van der Waals surface area (Å²) in [5, 5.41) is 14.2. The predicted octanol–water partition coefficient (Wildman–Crippen LogP) is 3.98. The van der Waals surface area contributed by atoms with Gasteiger partial charge >= 0.3 is 24.3 Å². The van der Waals surface area contributed by atoms with Crippen molar-refractivity contribution in [2.45, 2.75) is 32.2 Å². The van der Waals surface area contributed by atoms with Crippen molar-refractivity contribution in [3.05, 3.63) is 48.0 Å². The van der Waals surface area contributed by atoms with Crippen LogP contribution in [0.2, 0.25) is 0 Å². The van der Waals surface area contributed by atoms with Crippen LogP contribution in [0.3, 0.4) is 0 Å². The quantitative estimate of drug-likeness (QED) is 0.543. The number of pyridine rings is 1. The molecular formula is C23H27F6N3O6. The van der Waals surface area contributed by atoms with Crippen LogP contribution >= 0.6 is 0 Å². The van der Waals surface area contributed by atoms with Gasteiger partial charge in [-0.1, -0.05) is 6.07 Å². The molecule has 4 rings (SSSR count). The minimum absolute atomic E-state index is 0.190. The van der Waals surface area contributed by atoms with Crippen LogP contribution in [0.1, 0.15) is 17.9 Å². The number of anilines is 1. The Morgan fingerprint density at radius 3 is 2.13 bits per heavy atom. The molecule has 0 bridgehead atoms. The third-order valence-electron chi connectivity index (χ3n) is 5.59. The monoisotopic (exact) mass is 555 g/mol. The summed E-state index contributed by atoms with van der Waals surface area (Å²) in [4.78, 5) is 27.2. The van der Waals surface area contributed by atoms with Crippen LogP contribution in [0.15, 0.2) is 40.9 Å². The molecule has 2 aromatic rings. The number of alkyl halides is 6. The molecule has 0 radical (unpaired) electrons. The minimum Gasteiger partial charge on any atom is -0.475 e. The number of carbonyl (C=O) groups is 2. The fraction of sp³-hybridized carbons (Fsp3) is 0.522.